The Kier molecular flexibility index (Phi) is 6.35. The number of nitrogens with one attached hydrogen (secondary N) is 1. The molecule has 1 aliphatic rings. The molecule has 156 valence electrons. The van der Waals surface area contributed by atoms with Crippen LogP contribution >= 0.6 is 11.6 Å². The van der Waals surface area contributed by atoms with Crippen LogP contribution in [-0.2, 0) is 17.8 Å². The summed E-state index contributed by atoms with van der Waals surface area (Å²) in [6.07, 6.45) is 2.88. The Hall–Kier alpha value is -2.84. The molecule has 0 bridgehead atoms. The number of rotatable bonds is 7. The third kappa shape index (κ3) is 5.01. The van der Waals surface area contributed by atoms with E-state index in [-0.39, 0.29) is 23.8 Å². The summed E-state index contributed by atoms with van der Waals surface area (Å²) in [5, 5.41) is 15.1. The van der Waals surface area contributed by atoms with Gasteiger partial charge in [0.05, 0.1) is 12.1 Å². The molecule has 0 saturated carbocycles. The van der Waals surface area contributed by atoms with Crippen molar-refractivity contribution in [3.63, 3.8) is 0 Å². The summed E-state index contributed by atoms with van der Waals surface area (Å²) in [7, 11) is 0. The lowest BCUT2D eigenvalue weighted by molar-refractivity contribution is -0.125. The number of carbonyl (C=O) groups is 1. The van der Waals surface area contributed by atoms with Crippen LogP contribution in [0.4, 0.5) is 4.39 Å². The predicted octanol–water partition coefficient (Wildman–Crippen LogP) is 2.64. The summed E-state index contributed by atoms with van der Waals surface area (Å²) in [5.74, 6) is -0.309. The van der Waals surface area contributed by atoms with E-state index in [9.17, 15) is 9.18 Å². The first-order chi connectivity index (χ1) is 14.6. The third-order valence-corrected chi connectivity index (χ3v) is 5.56. The van der Waals surface area contributed by atoms with Crippen LogP contribution in [-0.4, -0.2) is 50.1 Å². The molecule has 4 rings (SSSR count). The minimum absolute atomic E-state index is 0.00382. The highest BCUT2D eigenvalue weighted by Gasteiger charge is 2.38. The van der Waals surface area contributed by atoms with Crippen molar-refractivity contribution in [2.24, 2.45) is 0 Å². The van der Waals surface area contributed by atoms with Crippen LogP contribution in [0.15, 0.2) is 54.9 Å². The smallest absolute Gasteiger partial charge is 0.237 e. The van der Waals surface area contributed by atoms with Crippen LogP contribution in [0.25, 0.3) is 0 Å². The minimum atomic E-state index is -0.316. The summed E-state index contributed by atoms with van der Waals surface area (Å²) in [6, 6.07) is 13.7. The Morgan fingerprint density at radius 1 is 1.20 bits per heavy atom. The van der Waals surface area contributed by atoms with Crippen LogP contribution in [0.5, 0.6) is 0 Å². The van der Waals surface area contributed by atoms with Crippen molar-refractivity contribution in [3.8, 4) is 0 Å². The molecular weight excluding hydrogens is 407 g/mol. The molecule has 30 heavy (non-hydrogen) atoms. The number of halogens is 2. The minimum Gasteiger partial charge on any atom is -0.354 e. The fourth-order valence-electron chi connectivity index (χ4n) is 3.82. The van der Waals surface area contributed by atoms with Crippen molar-refractivity contribution in [3.05, 3.63) is 76.8 Å². The summed E-state index contributed by atoms with van der Waals surface area (Å²) < 4.78 is 14.9. The van der Waals surface area contributed by atoms with E-state index < -0.39 is 0 Å². The van der Waals surface area contributed by atoms with Gasteiger partial charge < -0.3 is 5.32 Å². The van der Waals surface area contributed by atoms with E-state index in [0.29, 0.717) is 37.5 Å². The van der Waals surface area contributed by atoms with Crippen LogP contribution in [0.1, 0.15) is 23.6 Å². The Morgan fingerprint density at radius 2 is 2.03 bits per heavy atom. The van der Waals surface area contributed by atoms with Crippen LogP contribution in [0.2, 0.25) is 5.02 Å². The van der Waals surface area contributed by atoms with Gasteiger partial charge in [-0.1, -0.05) is 35.9 Å². The van der Waals surface area contributed by atoms with E-state index in [0.717, 1.165) is 11.1 Å². The van der Waals surface area contributed by atoms with Gasteiger partial charge in [-0.3, -0.25) is 9.69 Å². The lowest BCUT2D eigenvalue weighted by Gasteiger charge is -2.23. The van der Waals surface area contributed by atoms with Crippen molar-refractivity contribution >= 4 is 17.5 Å². The SMILES string of the molecule is O=C(NCCc1cccc(Cl)c1)[C@@H]1C[C@@H](n2cnnn2)CN1Cc1ccc(F)cc1. The molecule has 3 aromatic rings. The van der Waals surface area contributed by atoms with E-state index in [1.54, 1.807) is 23.1 Å². The number of benzene rings is 2. The molecule has 0 unspecified atom stereocenters. The number of hydrogen-bond donors (Lipinski definition) is 1. The number of hydrogen-bond acceptors (Lipinski definition) is 5. The number of likely N-dealkylation sites (tertiary alicyclic amines) is 1. The summed E-state index contributed by atoms with van der Waals surface area (Å²) in [4.78, 5) is 15.1. The van der Waals surface area contributed by atoms with Gasteiger partial charge in [0.2, 0.25) is 5.91 Å². The summed E-state index contributed by atoms with van der Waals surface area (Å²) >= 11 is 6.02. The fourth-order valence-corrected chi connectivity index (χ4v) is 4.03. The van der Waals surface area contributed by atoms with Crippen LogP contribution in [0.3, 0.4) is 0 Å². The van der Waals surface area contributed by atoms with E-state index in [4.69, 9.17) is 11.6 Å². The monoisotopic (exact) mass is 428 g/mol. The molecule has 1 amide bonds. The molecule has 9 heteroatoms. The van der Waals surface area contributed by atoms with E-state index in [1.807, 2.05) is 24.3 Å². The average molecular weight is 429 g/mol. The summed E-state index contributed by atoms with van der Waals surface area (Å²) in [5.41, 5.74) is 2.02. The summed E-state index contributed by atoms with van der Waals surface area (Å²) in [6.45, 7) is 1.70. The second-order valence-corrected chi connectivity index (χ2v) is 7.86. The van der Waals surface area contributed by atoms with Gasteiger partial charge in [0.15, 0.2) is 0 Å². The number of nitrogens with zero attached hydrogens (tertiary/aromatic N) is 5. The molecule has 2 aromatic carbocycles. The number of carbonyl (C=O) groups excluding carboxylic acids is 1. The first-order valence-corrected chi connectivity index (χ1v) is 10.2. The zero-order valence-electron chi connectivity index (χ0n) is 16.3. The first kappa shape index (κ1) is 20.4. The second kappa shape index (κ2) is 9.32. The average Bonchev–Trinajstić information content (AvgIpc) is 3.40. The molecule has 1 fully saturated rings. The Bertz CT molecular complexity index is 981. The maximum atomic E-state index is 13.2. The van der Waals surface area contributed by atoms with Crippen molar-refractivity contribution in [1.29, 1.82) is 0 Å². The van der Waals surface area contributed by atoms with Gasteiger partial charge in [0.1, 0.15) is 12.1 Å². The third-order valence-electron chi connectivity index (χ3n) is 5.32. The maximum Gasteiger partial charge on any atom is 0.237 e. The first-order valence-electron chi connectivity index (χ1n) is 9.81. The van der Waals surface area contributed by atoms with Crippen molar-refractivity contribution in [2.75, 3.05) is 13.1 Å². The molecule has 1 saturated heterocycles. The van der Waals surface area contributed by atoms with Gasteiger partial charge in [-0.15, -0.1) is 5.10 Å². The van der Waals surface area contributed by atoms with E-state index in [2.05, 4.69) is 25.7 Å². The standard InChI is InChI=1S/C21H22ClFN6O/c22-17-3-1-2-15(10-17)8-9-24-21(30)20-11-19(29-14-25-26-27-29)13-28(20)12-16-4-6-18(23)7-5-16/h1-7,10,14,19-20H,8-9,11-13H2,(H,24,30)/t19-,20+/m1/s1. The molecule has 7 nitrogen and oxygen atoms in total. The molecule has 1 aliphatic heterocycles. The van der Waals surface area contributed by atoms with Crippen molar-refractivity contribution in [2.45, 2.75) is 31.5 Å². The Balaban J connectivity index is 1.41. The molecule has 0 spiro atoms. The fraction of sp³-hybridized carbons (Fsp3) is 0.333. The Labute approximate surface area is 178 Å². The van der Waals surface area contributed by atoms with Gasteiger partial charge in [0, 0.05) is 24.7 Å². The quantitative estimate of drug-likeness (QED) is 0.626. The number of aromatic nitrogens is 4. The van der Waals surface area contributed by atoms with Crippen molar-refractivity contribution in [1.82, 2.24) is 30.4 Å². The highest BCUT2D eigenvalue weighted by atomic mass is 35.5. The van der Waals surface area contributed by atoms with Crippen molar-refractivity contribution < 1.29 is 9.18 Å². The van der Waals surface area contributed by atoms with Gasteiger partial charge in [-0.2, -0.15) is 0 Å². The number of amides is 1. The van der Waals surface area contributed by atoms with E-state index in [1.165, 1.54) is 12.1 Å². The maximum absolute atomic E-state index is 13.2. The molecule has 2 atom stereocenters. The number of tetrazole rings is 1. The normalized spacial score (nSPS) is 19.1. The largest absolute Gasteiger partial charge is 0.354 e. The topological polar surface area (TPSA) is 75.9 Å². The molecule has 0 radical (unpaired) electrons. The zero-order chi connectivity index (χ0) is 20.9. The second-order valence-electron chi connectivity index (χ2n) is 7.42. The molecule has 0 aliphatic carbocycles. The molecule has 1 aromatic heterocycles. The zero-order valence-corrected chi connectivity index (χ0v) is 17.0. The van der Waals surface area contributed by atoms with Crippen LogP contribution < -0.4 is 5.32 Å². The highest BCUT2D eigenvalue weighted by molar-refractivity contribution is 6.30. The van der Waals surface area contributed by atoms with Crippen LogP contribution in [0, 0.1) is 5.82 Å². The van der Waals surface area contributed by atoms with Gasteiger partial charge >= 0.3 is 0 Å². The Morgan fingerprint density at radius 3 is 2.77 bits per heavy atom. The molecule has 1 N–H and O–H groups in total. The molecule has 2 heterocycles. The van der Waals surface area contributed by atoms with Gasteiger partial charge in [-0.05, 0) is 58.7 Å². The van der Waals surface area contributed by atoms with E-state index >= 15 is 0 Å². The lowest BCUT2D eigenvalue weighted by atomic mass is 10.1. The van der Waals surface area contributed by atoms with Gasteiger partial charge in [-0.25, -0.2) is 9.07 Å². The molecular formula is C21H22ClFN6O. The lowest BCUT2D eigenvalue weighted by Crippen LogP contribution is -2.43. The van der Waals surface area contributed by atoms with Gasteiger partial charge in [0.25, 0.3) is 0 Å². The highest BCUT2D eigenvalue weighted by Crippen LogP contribution is 2.28. The predicted molar refractivity (Wildman–Crippen MR) is 110 cm³/mol.